The quantitative estimate of drug-likeness (QED) is 0.934. The number of nitrogens with two attached hydrogens (primary N) is 1. The first-order valence-corrected chi connectivity index (χ1v) is 9.53. The van der Waals surface area contributed by atoms with Gasteiger partial charge in [-0.15, -0.1) is 11.3 Å². The average molecular weight is 341 g/mol. The topological polar surface area (TPSA) is 59.2 Å². The molecule has 3 unspecified atom stereocenters. The number of amides is 1. The number of likely N-dealkylation sites (tertiary alicyclic amines) is 1. The first kappa shape index (κ1) is 15.8. The molecule has 126 valence electrons. The second-order valence-electron chi connectivity index (χ2n) is 7.15. The van der Waals surface area contributed by atoms with E-state index >= 15 is 0 Å². The predicted molar refractivity (Wildman–Crippen MR) is 96.8 cm³/mol. The number of thiazole rings is 1. The Morgan fingerprint density at radius 2 is 2.08 bits per heavy atom. The molecule has 2 N–H and O–H groups in total. The van der Waals surface area contributed by atoms with E-state index < -0.39 is 0 Å². The second kappa shape index (κ2) is 6.30. The third kappa shape index (κ3) is 2.98. The SMILES string of the molecule is Cc1ccc(-c2nc(CC(=O)N3CC4CCC(N)C4C3)cs2)cc1. The molecule has 1 saturated carbocycles. The molecule has 5 heteroatoms. The van der Waals surface area contributed by atoms with E-state index in [9.17, 15) is 4.79 Å². The summed E-state index contributed by atoms with van der Waals surface area (Å²) >= 11 is 1.61. The summed E-state index contributed by atoms with van der Waals surface area (Å²) in [5, 5.41) is 2.99. The van der Waals surface area contributed by atoms with Gasteiger partial charge in [0.1, 0.15) is 5.01 Å². The van der Waals surface area contributed by atoms with E-state index in [4.69, 9.17) is 5.73 Å². The maximum Gasteiger partial charge on any atom is 0.228 e. The molecule has 3 atom stereocenters. The number of rotatable bonds is 3. The predicted octanol–water partition coefficient (Wildman–Crippen LogP) is 2.86. The van der Waals surface area contributed by atoms with Crippen molar-refractivity contribution >= 4 is 17.2 Å². The zero-order chi connectivity index (χ0) is 16.7. The third-order valence-electron chi connectivity index (χ3n) is 5.45. The standard InChI is InChI=1S/C19H23N3OS/c1-12-2-4-13(5-3-12)19-21-15(11-24-19)8-18(23)22-9-14-6-7-17(20)16(14)10-22/h2-5,11,14,16-17H,6-10,20H2,1H3. The van der Waals surface area contributed by atoms with Crippen molar-refractivity contribution < 1.29 is 4.79 Å². The molecule has 2 heterocycles. The number of benzene rings is 1. The number of aryl methyl sites for hydroxylation is 1. The highest BCUT2D eigenvalue weighted by atomic mass is 32.1. The molecule has 2 aliphatic rings. The van der Waals surface area contributed by atoms with E-state index in [1.54, 1.807) is 11.3 Å². The highest BCUT2D eigenvalue weighted by Crippen LogP contribution is 2.37. The normalized spacial score (nSPS) is 25.9. The van der Waals surface area contributed by atoms with E-state index in [0.717, 1.165) is 35.8 Å². The van der Waals surface area contributed by atoms with Crippen LogP contribution < -0.4 is 5.73 Å². The minimum atomic E-state index is 0.192. The molecule has 4 rings (SSSR count). The highest BCUT2D eigenvalue weighted by Gasteiger charge is 2.42. The molecule has 2 aromatic rings. The molecule has 4 nitrogen and oxygen atoms in total. The summed E-state index contributed by atoms with van der Waals surface area (Å²) in [7, 11) is 0. The molecule has 1 amide bonds. The first-order chi connectivity index (χ1) is 11.6. The molecule has 1 aromatic carbocycles. The van der Waals surface area contributed by atoms with Crippen LogP contribution in [0.3, 0.4) is 0 Å². The van der Waals surface area contributed by atoms with Gasteiger partial charge in [-0.2, -0.15) is 0 Å². The first-order valence-electron chi connectivity index (χ1n) is 8.65. The lowest BCUT2D eigenvalue weighted by Gasteiger charge is -2.18. The van der Waals surface area contributed by atoms with Crippen LogP contribution in [0.1, 0.15) is 24.1 Å². The molecule has 1 saturated heterocycles. The number of hydrogen-bond donors (Lipinski definition) is 1. The van der Waals surface area contributed by atoms with Crippen molar-refractivity contribution in [2.24, 2.45) is 17.6 Å². The smallest absolute Gasteiger partial charge is 0.228 e. The maximum absolute atomic E-state index is 12.6. The number of carbonyl (C=O) groups is 1. The third-order valence-corrected chi connectivity index (χ3v) is 6.39. The molecule has 0 radical (unpaired) electrons. The molecule has 24 heavy (non-hydrogen) atoms. The van der Waals surface area contributed by atoms with Crippen molar-refractivity contribution in [3.8, 4) is 10.6 Å². The van der Waals surface area contributed by atoms with Crippen molar-refractivity contribution in [3.63, 3.8) is 0 Å². The average Bonchev–Trinajstić information content (AvgIpc) is 3.26. The lowest BCUT2D eigenvalue weighted by Crippen LogP contribution is -2.34. The van der Waals surface area contributed by atoms with Crippen molar-refractivity contribution in [1.29, 1.82) is 0 Å². The number of fused-ring (bicyclic) bond motifs is 1. The summed E-state index contributed by atoms with van der Waals surface area (Å²) in [4.78, 5) is 19.2. The Hall–Kier alpha value is -1.72. The summed E-state index contributed by atoms with van der Waals surface area (Å²) in [6.07, 6.45) is 2.68. The molecule has 0 bridgehead atoms. The number of nitrogens with zero attached hydrogens (tertiary/aromatic N) is 2. The van der Waals surface area contributed by atoms with Gasteiger partial charge < -0.3 is 10.6 Å². The van der Waals surface area contributed by atoms with Crippen LogP contribution in [0.5, 0.6) is 0 Å². The lowest BCUT2D eigenvalue weighted by molar-refractivity contribution is -0.129. The van der Waals surface area contributed by atoms with Gasteiger partial charge in [0, 0.05) is 30.1 Å². The van der Waals surface area contributed by atoms with E-state index in [0.29, 0.717) is 18.3 Å². The number of hydrogen-bond acceptors (Lipinski definition) is 4. The molecule has 2 fully saturated rings. The summed E-state index contributed by atoms with van der Waals surface area (Å²) in [6, 6.07) is 8.63. The highest BCUT2D eigenvalue weighted by molar-refractivity contribution is 7.13. The fourth-order valence-electron chi connectivity index (χ4n) is 3.99. The van der Waals surface area contributed by atoms with Crippen molar-refractivity contribution in [2.75, 3.05) is 13.1 Å². The lowest BCUT2D eigenvalue weighted by atomic mass is 9.98. The van der Waals surface area contributed by atoms with Crippen LogP contribution in [0, 0.1) is 18.8 Å². The van der Waals surface area contributed by atoms with Gasteiger partial charge in [0.2, 0.25) is 5.91 Å². The maximum atomic E-state index is 12.6. The van der Waals surface area contributed by atoms with E-state index in [-0.39, 0.29) is 11.9 Å². The Kier molecular flexibility index (Phi) is 4.14. The molecule has 1 aliphatic heterocycles. The van der Waals surface area contributed by atoms with Crippen LogP contribution in [0.15, 0.2) is 29.6 Å². The van der Waals surface area contributed by atoms with E-state index in [2.05, 4.69) is 36.2 Å². The zero-order valence-electron chi connectivity index (χ0n) is 13.9. The van der Waals surface area contributed by atoms with Crippen LogP contribution in [0.25, 0.3) is 10.6 Å². The Bertz CT molecular complexity index is 739. The van der Waals surface area contributed by atoms with Crippen LogP contribution in [0.4, 0.5) is 0 Å². The van der Waals surface area contributed by atoms with Gasteiger partial charge >= 0.3 is 0 Å². The fraction of sp³-hybridized carbons (Fsp3) is 0.474. The van der Waals surface area contributed by atoms with Crippen LogP contribution >= 0.6 is 11.3 Å². The van der Waals surface area contributed by atoms with Gasteiger partial charge in [0.15, 0.2) is 0 Å². The van der Waals surface area contributed by atoms with Crippen molar-refractivity contribution in [3.05, 3.63) is 40.9 Å². The van der Waals surface area contributed by atoms with E-state index in [1.165, 1.54) is 12.0 Å². The Balaban J connectivity index is 1.41. The van der Waals surface area contributed by atoms with Gasteiger partial charge in [-0.3, -0.25) is 4.79 Å². The Morgan fingerprint density at radius 1 is 1.29 bits per heavy atom. The van der Waals surface area contributed by atoms with Gasteiger partial charge in [-0.25, -0.2) is 4.98 Å². The van der Waals surface area contributed by atoms with Gasteiger partial charge in [-0.05, 0) is 31.6 Å². The second-order valence-corrected chi connectivity index (χ2v) is 8.01. The summed E-state index contributed by atoms with van der Waals surface area (Å²) < 4.78 is 0. The molecule has 1 aliphatic carbocycles. The zero-order valence-corrected chi connectivity index (χ0v) is 14.8. The van der Waals surface area contributed by atoms with Crippen molar-refractivity contribution in [1.82, 2.24) is 9.88 Å². The molecule has 1 aromatic heterocycles. The largest absolute Gasteiger partial charge is 0.342 e. The summed E-state index contributed by atoms with van der Waals surface area (Å²) in [5.74, 6) is 1.31. The number of aromatic nitrogens is 1. The van der Waals surface area contributed by atoms with E-state index in [1.807, 2.05) is 10.3 Å². The van der Waals surface area contributed by atoms with Crippen molar-refractivity contribution in [2.45, 2.75) is 32.2 Å². The molecule has 0 spiro atoms. The molecular formula is C19H23N3OS. The van der Waals surface area contributed by atoms with Crippen LogP contribution in [0.2, 0.25) is 0 Å². The minimum absolute atomic E-state index is 0.192. The summed E-state index contributed by atoms with van der Waals surface area (Å²) in [5.41, 5.74) is 9.40. The molecular weight excluding hydrogens is 318 g/mol. The fourth-order valence-corrected chi connectivity index (χ4v) is 4.82. The van der Waals surface area contributed by atoms with Gasteiger partial charge in [0.25, 0.3) is 0 Å². The van der Waals surface area contributed by atoms with Gasteiger partial charge in [0.05, 0.1) is 12.1 Å². The van der Waals surface area contributed by atoms with Crippen LogP contribution in [-0.4, -0.2) is 34.9 Å². The Morgan fingerprint density at radius 3 is 2.83 bits per heavy atom. The monoisotopic (exact) mass is 341 g/mol. The Labute approximate surface area is 146 Å². The number of carbonyl (C=O) groups excluding carboxylic acids is 1. The minimum Gasteiger partial charge on any atom is -0.342 e. The summed E-state index contributed by atoms with van der Waals surface area (Å²) in [6.45, 7) is 3.79. The van der Waals surface area contributed by atoms with Gasteiger partial charge in [-0.1, -0.05) is 29.8 Å². The van der Waals surface area contributed by atoms with Crippen LogP contribution in [-0.2, 0) is 11.2 Å².